The number of nitrogens with zero attached hydrogens (tertiary/aromatic N) is 3. The molecule has 134 valence electrons. The van der Waals surface area contributed by atoms with Crippen LogP contribution in [0, 0.1) is 0 Å². The maximum absolute atomic E-state index is 9.39. The fourth-order valence-electron chi connectivity index (χ4n) is 3.40. The molecule has 4 rings (SSSR count). The first-order valence-electron chi connectivity index (χ1n) is 8.93. The summed E-state index contributed by atoms with van der Waals surface area (Å²) in [4.78, 5) is 2.39. The quantitative estimate of drug-likeness (QED) is 0.770. The van der Waals surface area contributed by atoms with Crippen LogP contribution in [0.5, 0.6) is 5.75 Å². The van der Waals surface area contributed by atoms with E-state index in [0.29, 0.717) is 6.61 Å². The molecule has 0 aliphatic carbocycles. The Morgan fingerprint density at radius 1 is 1.00 bits per heavy atom. The molecule has 1 aliphatic heterocycles. The zero-order valence-corrected chi connectivity index (χ0v) is 14.7. The summed E-state index contributed by atoms with van der Waals surface area (Å²) in [6, 6.07) is 16.5. The molecule has 0 spiro atoms. The van der Waals surface area contributed by atoms with E-state index in [0.717, 1.165) is 43.1 Å². The maximum atomic E-state index is 9.39. The summed E-state index contributed by atoms with van der Waals surface area (Å²) in [5.41, 5.74) is 4.61. The number of hydrogen-bond donors (Lipinski definition) is 1. The van der Waals surface area contributed by atoms with E-state index in [9.17, 15) is 5.11 Å². The van der Waals surface area contributed by atoms with Gasteiger partial charge in [-0.1, -0.05) is 30.3 Å². The summed E-state index contributed by atoms with van der Waals surface area (Å²) < 4.78 is 7.81. The van der Waals surface area contributed by atoms with Gasteiger partial charge in [-0.15, -0.1) is 0 Å². The second kappa shape index (κ2) is 7.72. The lowest BCUT2D eigenvalue weighted by atomic mass is 10.1. The van der Waals surface area contributed by atoms with Crippen molar-refractivity contribution >= 4 is 0 Å². The third kappa shape index (κ3) is 3.95. The van der Waals surface area contributed by atoms with Crippen molar-refractivity contribution in [1.82, 2.24) is 14.7 Å². The predicted octanol–water partition coefficient (Wildman–Crippen LogP) is 2.82. The average Bonchev–Trinajstić information content (AvgIpc) is 3.07. The fourth-order valence-corrected chi connectivity index (χ4v) is 3.40. The lowest BCUT2D eigenvalue weighted by Crippen LogP contribution is -2.25. The zero-order valence-electron chi connectivity index (χ0n) is 14.7. The van der Waals surface area contributed by atoms with Gasteiger partial charge in [-0.25, -0.2) is 0 Å². The van der Waals surface area contributed by atoms with E-state index in [1.165, 1.54) is 11.1 Å². The molecule has 1 aliphatic rings. The average molecular weight is 349 g/mol. The molecule has 0 bridgehead atoms. The Kier molecular flexibility index (Phi) is 5.00. The fraction of sp³-hybridized carbons (Fsp3) is 0.286. The Morgan fingerprint density at radius 3 is 2.69 bits per heavy atom. The minimum Gasteiger partial charge on any atom is -0.492 e. The molecular weight excluding hydrogens is 326 g/mol. The molecule has 2 heterocycles. The smallest absolute Gasteiger partial charge is 0.123 e. The van der Waals surface area contributed by atoms with Crippen LogP contribution in [0.3, 0.4) is 0 Å². The van der Waals surface area contributed by atoms with Crippen molar-refractivity contribution in [2.45, 2.75) is 26.2 Å². The Morgan fingerprint density at radius 2 is 1.88 bits per heavy atom. The molecule has 0 saturated carbocycles. The van der Waals surface area contributed by atoms with E-state index in [1.54, 1.807) is 6.20 Å². The third-order valence-electron chi connectivity index (χ3n) is 4.67. The van der Waals surface area contributed by atoms with Crippen molar-refractivity contribution in [2.75, 3.05) is 13.2 Å². The van der Waals surface area contributed by atoms with Crippen LogP contribution < -0.4 is 4.74 Å². The summed E-state index contributed by atoms with van der Waals surface area (Å²) in [6.07, 6.45) is 3.79. The van der Waals surface area contributed by atoms with Gasteiger partial charge in [-0.2, -0.15) is 5.10 Å². The number of rotatable bonds is 5. The van der Waals surface area contributed by atoms with Crippen molar-refractivity contribution < 1.29 is 9.84 Å². The van der Waals surface area contributed by atoms with Crippen molar-refractivity contribution in [3.8, 4) is 5.75 Å². The summed E-state index contributed by atoms with van der Waals surface area (Å²) in [5.74, 6) is 0.928. The molecule has 0 saturated heterocycles. The van der Waals surface area contributed by atoms with Crippen molar-refractivity contribution in [3.05, 3.63) is 83.2 Å². The first kappa shape index (κ1) is 16.8. The Hall–Kier alpha value is -2.63. The van der Waals surface area contributed by atoms with Crippen LogP contribution in [0.1, 0.15) is 22.3 Å². The minimum absolute atomic E-state index is 0.0583. The Bertz CT molecular complexity index is 861. The second-order valence-electron chi connectivity index (χ2n) is 6.68. The van der Waals surface area contributed by atoms with Crippen molar-refractivity contribution in [1.29, 1.82) is 0 Å². The normalized spacial score (nSPS) is 14.5. The minimum atomic E-state index is 0.0583. The summed E-state index contributed by atoms with van der Waals surface area (Å²) in [5, 5.41) is 13.7. The number of aromatic nitrogens is 2. The Labute approximate surface area is 153 Å². The van der Waals surface area contributed by atoms with E-state index < -0.39 is 0 Å². The molecule has 1 N–H and O–H groups in total. The molecule has 0 amide bonds. The molecular formula is C21H23N3O2. The lowest BCUT2D eigenvalue weighted by Gasteiger charge is -2.20. The predicted molar refractivity (Wildman–Crippen MR) is 99.7 cm³/mol. The van der Waals surface area contributed by atoms with Gasteiger partial charge < -0.3 is 9.84 Å². The van der Waals surface area contributed by atoms with E-state index >= 15 is 0 Å². The highest BCUT2D eigenvalue weighted by Crippen LogP contribution is 2.25. The highest BCUT2D eigenvalue weighted by Gasteiger charge is 2.16. The molecule has 5 nitrogen and oxygen atoms in total. The molecule has 0 fully saturated rings. The standard InChI is InChI=1S/C21H23N3O2/c25-16-19-5-6-21-20(12-19)15-23(9-10-26-21)13-17-3-1-4-18(11-17)14-24-8-2-7-22-24/h1-8,11-12,25H,9-10,13-16H2. The van der Waals surface area contributed by atoms with Gasteiger partial charge in [0.2, 0.25) is 0 Å². The topological polar surface area (TPSA) is 50.5 Å². The first-order chi connectivity index (χ1) is 12.8. The van der Waals surface area contributed by atoms with E-state index in [2.05, 4.69) is 34.3 Å². The number of aliphatic hydroxyl groups excluding tert-OH is 1. The number of benzene rings is 2. The molecule has 3 aromatic rings. The van der Waals surface area contributed by atoms with Crippen molar-refractivity contribution in [3.63, 3.8) is 0 Å². The summed E-state index contributed by atoms with van der Waals surface area (Å²) in [7, 11) is 0. The monoisotopic (exact) mass is 349 g/mol. The van der Waals surface area contributed by atoms with Gasteiger partial charge in [-0.3, -0.25) is 9.58 Å². The van der Waals surface area contributed by atoms with Gasteiger partial charge in [-0.05, 0) is 34.9 Å². The maximum Gasteiger partial charge on any atom is 0.123 e. The molecule has 1 aromatic heterocycles. The second-order valence-corrected chi connectivity index (χ2v) is 6.68. The van der Waals surface area contributed by atoms with Gasteiger partial charge in [0.1, 0.15) is 12.4 Å². The SMILES string of the molecule is OCc1ccc2c(c1)CN(Cc1cccc(Cn3cccn3)c1)CCO2. The molecule has 0 unspecified atom stereocenters. The highest BCUT2D eigenvalue weighted by atomic mass is 16.5. The van der Waals surface area contributed by atoms with Crippen LogP contribution in [0.2, 0.25) is 0 Å². The lowest BCUT2D eigenvalue weighted by molar-refractivity contribution is 0.219. The molecule has 5 heteroatoms. The van der Waals surface area contributed by atoms with Crippen LogP contribution in [0.15, 0.2) is 60.9 Å². The largest absolute Gasteiger partial charge is 0.492 e. The molecule has 0 atom stereocenters. The van der Waals surface area contributed by atoms with Crippen LogP contribution >= 0.6 is 0 Å². The highest BCUT2D eigenvalue weighted by molar-refractivity contribution is 5.37. The van der Waals surface area contributed by atoms with Gasteiger partial charge in [0.05, 0.1) is 13.2 Å². The first-order valence-corrected chi connectivity index (χ1v) is 8.93. The van der Waals surface area contributed by atoms with E-state index in [4.69, 9.17) is 4.74 Å². The number of hydrogen-bond acceptors (Lipinski definition) is 4. The van der Waals surface area contributed by atoms with Crippen LogP contribution in [-0.2, 0) is 26.2 Å². The van der Waals surface area contributed by atoms with Crippen LogP contribution in [0.25, 0.3) is 0 Å². The van der Waals surface area contributed by atoms with E-state index in [-0.39, 0.29) is 6.61 Å². The zero-order chi connectivity index (χ0) is 17.8. The molecule has 26 heavy (non-hydrogen) atoms. The number of ether oxygens (including phenoxy) is 1. The van der Waals surface area contributed by atoms with Gasteiger partial charge >= 0.3 is 0 Å². The van der Waals surface area contributed by atoms with Crippen LogP contribution in [-0.4, -0.2) is 32.9 Å². The summed E-state index contributed by atoms with van der Waals surface area (Å²) in [6.45, 7) is 4.10. The van der Waals surface area contributed by atoms with Crippen LogP contribution in [0.4, 0.5) is 0 Å². The number of aliphatic hydroxyl groups is 1. The molecule has 0 radical (unpaired) electrons. The Balaban J connectivity index is 1.48. The van der Waals surface area contributed by atoms with E-state index in [1.807, 2.05) is 35.1 Å². The van der Waals surface area contributed by atoms with Crippen molar-refractivity contribution in [2.24, 2.45) is 0 Å². The van der Waals surface area contributed by atoms with Gasteiger partial charge in [0.25, 0.3) is 0 Å². The molecule has 2 aromatic carbocycles. The third-order valence-corrected chi connectivity index (χ3v) is 4.67. The van der Waals surface area contributed by atoms with Gasteiger partial charge in [0.15, 0.2) is 0 Å². The van der Waals surface area contributed by atoms with Gasteiger partial charge in [0, 0.05) is 37.6 Å². The summed E-state index contributed by atoms with van der Waals surface area (Å²) >= 11 is 0. The number of fused-ring (bicyclic) bond motifs is 1.